The van der Waals surface area contributed by atoms with E-state index in [-0.39, 0.29) is 0 Å². The summed E-state index contributed by atoms with van der Waals surface area (Å²) in [5, 5.41) is 0. The van der Waals surface area contributed by atoms with Crippen LogP contribution in [0.4, 0.5) is 0 Å². The zero-order valence-corrected chi connectivity index (χ0v) is 3.46. The molecular formula is NiO2P. The molecular weight excluding hydrogens is 122 g/mol. The predicted octanol–water partition coefficient (Wildman–Crippen LogP) is 0.621. The molecule has 0 rings (SSSR count). The molecule has 0 radical (unpaired) electrons. The molecule has 4 heavy (non-hydrogen) atoms. The van der Waals surface area contributed by atoms with Gasteiger partial charge in [0.15, 0.2) is 0 Å². The van der Waals surface area contributed by atoms with Gasteiger partial charge in [-0.05, 0) is 0 Å². The standard InChI is InChI=1S/Ni.O2P/c;1-3-2. The van der Waals surface area contributed by atoms with Gasteiger partial charge in [-0.1, -0.05) is 0 Å². The third-order valence-electron chi connectivity index (χ3n) is 0. The van der Waals surface area contributed by atoms with Crippen molar-refractivity contribution in [3.8, 4) is 0 Å². The molecule has 0 aromatic carbocycles. The van der Waals surface area contributed by atoms with Crippen LogP contribution in [-0.2, 0) is 24.2 Å². The van der Waals surface area contributed by atoms with Gasteiger partial charge in [-0.2, -0.15) is 0 Å². The first-order valence-electron chi connectivity index (χ1n) is 0.507. The summed E-state index contributed by atoms with van der Waals surface area (Å²) in [6.45, 7) is -2.50. The minimum atomic E-state index is -2.50. The molecule has 0 atom stereocenters. The fourth-order valence-corrected chi connectivity index (χ4v) is 0. The second-order valence-electron chi connectivity index (χ2n) is 0.190. The summed E-state index contributed by atoms with van der Waals surface area (Å²) in [4.78, 5) is 0. The summed E-state index contributed by atoms with van der Waals surface area (Å²) < 4.78 is 17.7. The third kappa shape index (κ3) is 30.0. The van der Waals surface area contributed by atoms with Gasteiger partial charge in [-0.25, -0.2) is 0 Å². The normalized spacial score (nSPS) is 6.50. The van der Waals surface area contributed by atoms with Crippen LogP contribution in [0.5, 0.6) is 0 Å². The number of rotatable bonds is 0. The zero-order valence-electron chi connectivity index (χ0n) is 1.58. The van der Waals surface area contributed by atoms with E-state index < -0.39 is 6.45 Å². The van der Waals surface area contributed by atoms with Crippen molar-refractivity contribution >= 4 is 6.45 Å². The first-order valence-corrected chi connectivity index (χ1v) is 2.84. The van der Waals surface area contributed by atoms with Gasteiger partial charge < -0.3 is 0 Å². The molecule has 0 heterocycles. The summed E-state index contributed by atoms with van der Waals surface area (Å²) in [5.74, 6) is 0. The van der Waals surface area contributed by atoms with E-state index in [1.807, 2.05) is 0 Å². The van der Waals surface area contributed by atoms with Crippen LogP contribution in [0.15, 0.2) is 0 Å². The molecule has 0 aliphatic carbocycles. The quantitative estimate of drug-likeness (QED) is 0.348. The van der Waals surface area contributed by atoms with Crippen LogP contribution in [0.3, 0.4) is 0 Å². The molecule has 27 valence electrons. The van der Waals surface area contributed by atoms with Gasteiger partial charge in [0.2, 0.25) is 0 Å². The zero-order chi connectivity index (χ0) is 3.58. The molecule has 0 saturated heterocycles. The van der Waals surface area contributed by atoms with Crippen molar-refractivity contribution in [2.24, 2.45) is 0 Å². The molecule has 0 fully saturated rings. The molecule has 0 aliphatic heterocycles. The van der Waals surface area contributed by atoms with E-state index in [1.165, 1.54) is 0 Å². The van der Waals surface area contributed by atoms with Gasteiger partial charge in [-0.3, -0.25) is 0 Å². The average Bonchev–Trinajstić information content (AvgIpc) is 0.811. The van der Waals surface area contributed by atoms with Gasteiger partial charge in [0, 0.05) is 0 Å². The molecule has 0 spiro atoms. The SMILES string of the molecule is O=[P](=O)[Ni]. The van der Waals surface area contributed by atoms with E-state index in [0.29, 0.717) is 0 Å². The monoisotopic (exact) mass is 121 g/mol. The van der Waals surface area contributed by atoms with E-state index >= 15 is 0 Å². The van der Waals surface area contributed by atoms with E-state index in [1.54, 1.807) is 0 Å². The Kier molecular flexibility index (Phi) is 1.85. The van der Waals surface area contributed by atoms with Crippen LogP contribution in [0.2, 0.25) is 0 Å². The Bertz CT molecular complexity index is 54.4. The van der Waals surface area contributed by atoms with Crippen LogP contribution >= 0.6 is 6.45 Å². The van der Waals surface area contributed by atoms with Crippen LogP contribution < -0.4 is 0 Å². The van der Waals surface area contributed by atoms with Gasteiger partial charge >= 0.3 is 30.6 Å². The molecule has 0 saturated carbocycles. The summed E-state index contributed by atoms with van der Waals surface area (Å²) in [7, 11) is 0. The van der Waals surface area contributed by atoms with E-state index in [2.05, 4.69) is 15.0 Å². The Morgan fingerprint density at radius 2 is 1.50 bits per heavy atom. The summed E-state index contributed by atoms with van der Waals surface area (Å²) >= 11 is 3.33. The van der Waals surface area contributed by atoms with Crippen molar-refractivity contribution < 1.29 is 24.2 Å². The second-order valence-corrected chi connectivity index (χ2v) is 1.65. The summed E-state index contributed by atoms with van der Waals surface area (Å²) in [5.41, 5.74) is 0. The molecule has 0 N–H and O–H groups in total. The topological polar surface area (TPSA) is 34.1 Å². The van der Waals surface area contributed by atoms with Gasteiger partial charge in [0.05, 0.1) is 0 Å². The Labute approximate surface area is 31.4 Å². The van der Waals surface area contributed by atoms with Crippen molar-refractivity contribution in [2.45, 2.75) is 0 Å². The summed E-state index contributed by atoms with van der Waals surface area (Å²) in [6, 6.07) is 0. The van der Waals surface area contributed by atoms with Crippen LogP contribution in [-0.4, -0.2) is 0 Å². The van der Waals surface area contributed by atoms with Crippen LogP contribution in [0.1, 0.15) is 0 Å². The maximum atomic E-state index is 8.87. The van der Waals surface area contributed by atoms with Crippen molar-refractivity contribution in [3.05, 3.63) is 0 Å². The Morgan fingerprint density at radius 1 is 1.50 bits per heavy atom. The molecule has 2 nitrogen and oxygen atoms in total. The van der Waals surface area contributed by atoms with E-state index in [4.69, 9.17) is 9.13 Å². The molecule has 0 aromatic heterocycles. The maximum absolute atomic E-state index is 8.87. The van der Waals surface area contributed by atoms with Gasteiger partial charge in [0.25, 0.3) is 0 Å². The van der Waals surface area contributed by atoms with E-state index in [0.717, 1.165) is 0 Å². The van der Waals surface area contributed by atoms with Crippen molar-refractivity contribution in [1.82, 2.24) is 0 Å². The fraction of sp³-hybridized carbons (Fsp3) is 0. The van der Waals surface area contributed by atoms with Crippen LogP contribution in [0, 0.1) is 0 Å². The van der Waals surface area contributed by atoms with Crippen molar-refractivity contribution in [1.29, 1.82) is 0 Å². The second kappa shape index (κ2) is 1.69. The molecule has 0 amide bonds. The average molecular weight is 122 g/mol. The first-order chi connectivity index (χ1) is 1.73. The molecule has 0 bridgehead atoms. The Balaban J connectivity index is 3.51. The third-order valence-corrected chi connectivity index (χ3v) is 0. The molecule has 0 aromatic rings. The Hall–Kier alpha value is 0.394. The van der Waals surface area contributed by atoms with Gasteiger partial charge in [-0.15, -0.1) is 0 Å². The van der Waals surface area contributed by atoms with Gasteiger partial charge in [0.1, 0.15) is 0 Å². The fourth-order valence-electron chi connectivity index (χ4n) is 0. The van der Waals surface area contributed by atoms with Crippen molar-refractivity contribution in [2.75, 3.05) is 0 Å². The molecule has 0 aliphatic rings. The number of hydrogen-bond acceptors (Lipinski definition) is 2. The first kappa shape index (κ1) is 4.39. The predicted molar refractivity (Wildman–Crippen MR) is 8.29 cm³/mol. The number of hydrogen-bond donors (Lipinski definition) is 0. The Morgan fingerprint density at radius 3 is 1.50 bits per heavy atom. The van der Waals surface area contributed by atoms with E-state index in [9.17, 15) is 0 Å². The molecule has 0 unspecified atom stereocenters. The minimum absolute atomic E-state index is 2.50. The summed E-state index contributed by atoms with van der Waals surface area (Å²) in [6.07, 6.45) is 0. The van der Waals surface area contributed by atoms with Crippen LogP contribution in [0.25, 0.3) is 0 Å². The molecule has 4 heteroatoms. The van der Waals surface area contributed by atoms with Crippen molar-refractivity contribution in [3.63, 3.8) is 0 Å².